The summed E-state index contributed by atoms with van der Waals surface area (Å²) in [6, 6.07) is 13.5. The zero-order valence-electron chi connectivity index (χ0n) is 16.9. The van der Waals surface area contributed by atoms with E-state index in [1.807, 2.05) is 42.5 Å². The molecule has 6 heteroatoms. The third kappa shape index (κ3) is 4.70. The molecule has 0 unspecified atom stereocenters. The van der Waals surface area contributed by atoms with Crippen LogP contribution in [0.15, 0.2) is 42.5 Å². The molecule has 1 aliphatic heterocycles. The molecule has 29 heavy (non-hydrogen) atoms. The van der Waals surface area contributed by atoms with E-state index in [0.717, 1.165) is 41.0 Å². The minimum absolute atomic E-state index is 0.0365. The van der Waals surface area contributed by atoms with E-state index in [1.54, 1.807) is 0 Å². The van der Waals surface area contributed by atoms with E-state index in [9.17, 15) is 4.79 Å². The van der Waals surface area contributed by atoms with Crippen molar-refractivity contribution < 1.29 is 14.3 Å². The number of ether oxygens (including phenoxy) is 2. The first-order valence-electron chi connectivity index (χ1n) is 10.2. The van der Waals surface area contributed by atoms with E-state index >= 15 is 0 Å². The molecule has 0 radical (unpaired) electrons. The third-order valence-electron chi connectivity index (χ3n) is 4.96. The normalized spacial score (nSPS) is 14.6. The smallest absolute Gasteiger partial charge is 0.225 e. The van der Waals surface area contributed by atoms with Gasteiger partial charge >= 0.3 is 0 Å². The minimum Gasteiger partial charge on any atom is -0.490 e. The molecule has 1 amide bonds. The van der Waals surface area contributed by atoms with Crippen molar-refractivity contribution in [2.24, 2.45) is 5.92 Å². The van der Waals surface area contributed by atoms with Crippen LogP contribution >= 0.6 is 0 Å². The summed E-state index contributed by atoms with van der Waals surface area (Å²) in [5.41, 5.74) is 2.79. The molecule has 0 spiro atoms. The minimum atomic E-state index is -0.157. The first-order valence-corrected chi connectivity index (χ1v) is 10.2. The van der Waals surface area contributed by atoms with Crippen LogP contribution < -0.4 is 14.8 Å². The summed E-state index contributed by atoms with van der Waals surface area (Å²) >= 11 is 0. The summed E-state index contributed by atoms with van der Waals surface area (Å²) < 4.78 is 11.4. The van der Waals surface area contributed by atoms with Crippen LogP contribution in [0.3, 0.4) is 0 Å². The molecule has 0 fully saturated rings. The quantitative estimate of drug-likeness (QED) is 0.659. The van der Waals surface area contributed by atoms with Gasteiger partial charge in [-0.15, -0.1) is 0 Å². The van der Waals surface area contributed by atoms with Gasteiger partial charge in [-0.05, 0) is 42.2 Å². The Morgan fingerprint density at radius 2 is 1.93 bits per heavy atom. The van der Waals surface area contributed by atoms with Crippen molar-refractivity contribution in [3.8, 4) is 11.5 Å². The van der Waals surface area contributed by atoms with E-state index in [1.165, 1.54) is 0 Å². The summed E-state index contributed by atoms with van der Waals surface area (Å²) in [4.78, 5) is 20.8. The van der Waals surface area contributed by atoms with Gasteiger partial charge in [-0.1, -0.05) is 32.0 Å². The van der Waals surface area contributed by atoms with Crippen LogP contribution in [0, 0.1) is 5.92 Å². The van der Waals surface area contributed by atoms with Crippen LogP contribution in [0.2, 0.25) is 0 Å². The second-order valence-corrected chi connectivity index (χ2v) is 7.90. The number of hydrogen-bond donors (Lipinski definition) is 2. The van der Waals surface area contributed by atoms with E-state index in [-0.39, 0.29) is 18.4 Å². The van der Waals surface area contributed by atoms with Crippen LogP contribution in [-0.4, -0.2) is 29.1 Å². The number of aromatic nitrogens is 2. The number of nitrogens with zero attached hydrogens (tertiary/aromatic N) is 1. The number of hydrogen-bond acceptors (Lipinski definition) is 4. The van der Waals surface area contributed by atoms with Gasteiger partial charge in [0.25, 0.3) is 0 Å². The Hall–Kier alpha value is -3.02. The lowest BCUT2D eigenvalue weighted by Crippen LogP contribution is -2.31. The maximum Gasteiger partial charge on any atom is 0.225 e. The summed E-state index contributed by atoms with van der Waals surface area (Å²) in [6.45, 7) is 5.57. The Kier molecular flexibility index (Phi) is 5.69. The van der Waals surface area contributed by atoms with Crippen LogP contribution in [0.1, 0.15) is 44.1 Å². The Bertz CT molecular complexity index is 963. The van der Waals surface area contributed by atoms with Crippen LogP contribution in [0.25, 0.3) is 11.0 Å². The molecule has 3 aromatic rings. The standard InChI is InChI=1S/C23H27N3O3/c1-15(2)12-19(23-25-17-6-3-4-7-18(17)26-23)24-22(27)14-16-8-9-20-21(13-16)29-11-5-10-28-20/h3-4,6-9,13,15,19H,5,10-12,14H2,1-2H3,(H,24,27)(H,25,26)/t19-/m0/s1. The lowest BCUT2D eigenvalue weighted by molar-refractivity contribution is -0.121. The molecule has 152 valence electrons. The van der Waals surface area contributed by atoms with Gasteiger partial charge in [-0.3, -0.25) is 4.79 Å². The topological polar surface area (TPSA) is 76.2 Å². The third-order valence-corrected chi connectivity index (χ3v) is 4.96. The molecule has 1 atom stereocenters. The molecule has 1 aliphatic rings. The maximum absolute atomic E-state index is 12.8. The maximum atomic E-state index is 12.8. The average molecular weight is 393 g/mol. The number of carbonyl (C=O) groups excluding carboxylic acids is 1. The second kappa shape index (κ2) is 8.55. The van der Waals surface area contributed by atoms with Gasteiger partial charge in [0.2, 0.25) is 5.91 Å². The Morgan fingerprint density at radius 1 is 1.14 bits per heavy atom. The van der Waals surface area contributed by atoms with Crippen LogP contribution in [-0.2, 0) is 11.2 Å². The van der Waals surface area contributed by atoms with Crippen molar-refractivity contribution in [2.45, 2.75) is 39.2 Å². The largest absolute Gasteiger partial charge is 0.490 e. The van der Waals surface area contributed by atoms with Crippen LogP contribution in [0.4, 0.5) is 0 Å². The molecular formula is C23H27N3O3. The SMILES string of the molecule is CC(C)C[C@H](NC(=O)Cc1ccc2c(c1)OCCCO2)c1nc2ccccc2[nH]1. The van der Waals surface area contributed by atoms with E-state index in [0.29, 0.717) is 24.9 Å². The molecule has 0 bridgehead atoms. The Balaban J connectivity index is 1.48. The van der Waals surface area contributed by atoms with Gasteiger partial charge < -0.3 is 19.8 Å². The zero-order valence-corrected chi connectivity index (χ0v) is 16.9. The highest BCUT2D eigenvalue weighted by Crippen LogP contribution is 2.30. The fourth-order valence-corrected chi connectivity index (χ4v) is 3.60. The van der Waals surface area contributed by atoms with Crippen molar-refractivity contribution in [1.82, 2.24) is 15.3 Å². The van der Waals surface area contributed by atoms with Crippen molar-refractivity contribution in [3.05, 3.63) is 53.9 Å². The molecular weight excluding hydrogens is 366 g/mol. The van der Waals surface area contributed by atoms with Gasteiger partial charge in [0, 0.05) is 6.42 Å². The number of fused-ring (bicyclic) bond motifs is 2. The van der Waals surface area contributed by atoms with Gasteiger partial charge in [-0.25, -0.2) is 4.98 Å². The lowest BCUT2D eigenvalue weighted by Gasteiger charge is -2.19. The number of H-pyrrole nitrogens is 1. The number of carbonyl (C=O) groups is 1. The van der Waals surface area contributed by atoms with Gasteiger partial charge in [0.15, 0.2) is 11.5 Å². The number of imidazole rings is 1. The van der Waals surface area contributed by atoms with Gasteiger partial charge in [0.1, 0.15) is 5.82 Å². The van der Waals surface area contributed by atoms with E-state index in [4.69, 9.17) is 9.47 Å². The number of para-hydroxylation sites is 2. The Morgan fingerprint density at radius 3 is 2.72 bits per heavy atom. The molecule has 0 aliphatic carbocycles. The van der Waals surface area contributed by atoms with Crippen molar-refractivity contribution in [3.63, 3.8) is 0 Å². The molecule has 6 nitrogen and oxygen atoms in total. The Labute approximate surface area is 170 Å². The highest BCUT2D eigenvalue weighted by molar-refractivity contribution is 5.79. The number of rotatable bonds is 6. The summed E-state index contributed by atoms with van der Waals surface area (Å²) in [6.07, 6.45) is 1.96. The first-order chi connectivity index (χ1) is 14.1. The monoisotopic (exact) mass is 393 g/mol. The van der Waals surface area contributed by atoms with Crippen molar-refractivity contribution >= 4 is 16.9 Å². The fraction of sp³-hybridized carbons (Fsp3) is 0.391. The number of aromatic amines is 1. The highest BCUT2D eigenvalue weighted by Gasteiger charge is 2.20. The zero-order chi connectivity index (χ0) is 20.2. The summed E-state index contributed by atoms with van der Waals surface area (Å²) in [5.74, 6) is 2.64. The summed E-state index contributed by atoms with van der Waals surface area (Å²) in [7, 11) is 0. The number of amides is 1. The fourth-order valence-electron chi connectivity index (χ4n) is 3.60. The predicted octanol–water partition coefficient (Wildman–Crippen LogP) is 4.17. The van der Waals surface area contributed by atoms with Crippen LogP contribution in [0.5, 0.6) is 11.5 Å². The molecule has 2 heterocycles. The summed E-state index contributed by atoms with van der Waals surface area (Å²) in [5, 5.41) is 3.16. The highest BCUT2D eigenvalue weighted by atomic mass is 16.5. The molecule has 0 saturated carbocycles. The van der Waals surface area contributed by atoms with Crippen molar-refractivity contribution in [1.29, 1.82) is 0 Å². The molecule has 2 aromatic carbocycles. The predicted molar refractivity (Wildman–Crippen MR) is 112 cm³/mol. The molecule has 4 rings (SSSR count). The van der Waals surface area contributed by atoms with Gasteiger partial charge in [-0.2, -0.15) is 0 Å². The van der Waals surface area contributed by atoms with Gasteiger partial charge in [0.05, 0.1) is 36.7 Å². The average Bonchev–Trinajstić information content (AvgIpc) is 2.99. The first kappa shape index (κ1) is 19.3. The van der Waals surface area contributed by atoms with E-state index in [2.05, 4.69) is 29.1 Å². The molecule has 2 N–H and O–H groups in total. The second-order valence-electron chi connectivity index (χ2n) is 7.90. The van der Waals surface area contributed by atoms with Crippen molar-refractivity contribution in [2.75, 3.05) is 13.2 Å². The lowest BCUT2D eigenvalue weighted by atomic mass is 10.0. The molecule has 1 aromatic heterocycles. The molecule has 0 saturated heterocycles. The number of benzene rings is 2. The van der Waals surface area contributed by atoms with E-state index < -0.39 is 0 Å². The number of nitrogens with one attached hydrogen (secondary N) is 2.